The highest BCUT2D eigenvalue weighted by atomic mass is 16.5. The Kier molecular flexibility index (Phi) is 5.40. The summed E-state index contributed by atoms with van der Waals surface area (Å²) >= 11 is 0. The van der Waals surface area contributed by atoms with E-state index in [1.165, 1.54) is 22.3 Å². The predicted octanol–water partition coefficient (Wildman–Crippen LogP) is 4.90. The van der Waals surface area contributed by atoms with Crippen molar-refractivity contribution >= 4 is 0 Å². The van der Waals surface area contributed by atoms with Crippen LogP contribution < -0.4 is 4.74 Å². The average Bonchev–Trinajstić information content (AvgIpc) is 3.28. The highest BCUT2D eigenvalue weighted by Crippen LogP contribution is 2.66. The third kappa shape index (κ3) is 3.20. The fourth-order valence-corrected chi connectivity index (χ4v) is 8.41. The van der Waals surface area contributed by atoms with Crippen LogP contribution in [0.5, 0.6) is 11.5 Å². The second-order valence-corrected chi connectivity index (χ2v) is 11.5. The molecular formula is C32H36N2O3. The Labute approximate surface area is 219 Å². The van der Waals surface area contributed by atoms with Gasteiger partial charge in [0.1, 0.15) is 6.10 Å². The number of likely N-dealkylation sites (tertiary alicyclic amines) is 1. The summed E-state index contributed by atoms with van der Waals surface area (Å²) in [6.45, 7) is 2.72. The van der Waals surface area contributed by atoms with Gasteiger partial charge in [0.2, 0.25) is 0 Å². The van der Waals surface area contributed by atoms with Gasteiger partial charge in [-0.05, 0) is 62.0 Å². The molecule has 0 radical (unpaired) electrons. The van der Waals surface area contributed by atoms with Crippen LogP contribution in [0.1, 0.15) is 41.5 Å². The summed E-state index contributed by atoms with van der Waals surface area (Å²) in [6, 6.07) is 26.0. The largest absolute Gasteiger partial charge is 0.504 e. The first kappa shape index (κ1) is 23.3. The van der Waals surface area contributed by atoms with E-state index in [1.54, 1.807) is 0 Å². The second kappa shape index (κ2) is 8.59. The number of piperidine rings is 1. The number of ether oxygens (including phenoxy) is 2. The summed E-state index contributed by atoms with van der Waals surface area (Å²) in [5.41, 5.74) is 4.57. The molecule has 3 aromatic carbocycles. The van der Waals surface area contributed by atoms with E-state index in [2.05, 4.69) is 83.6 Å². The third-order valence-corrected chi connectivity index (χ3v) is 9.95. The molecule has 1 saturated carbocycles. The van der Waals surface area contributed by atoms with Crippen molar-refractivity contribution in [2.75, 3.05) is 20.7 Å². The molecule has 37 heavy (non-hydrogen) atoms. The van der Waals surface area contributed by atoms with E-state index < -0.39 is 0 Å². The SMILES string of the molecule is CO[C@@]12CC[C@H](N(Cc3ccccc3)Cc3ccccc3)[C@@H]3Oc4c(O)ccc5c4[C@@]31CCN(C)C2C5. The van der Waals surface area contributed by atoms with E-state index in [9.17, 15) is 5.11 Å². The minimum Gasteiger partial charge on any atom is -0.504 e. The van der Waals surface area contributed by atoms with Gasteiger partial charge in [0.05, 0.1) is 11.0 Å². The quantitative estimate of drug-likeness (QED) is 0.526. The maximum atomic E-state index is 11.0. The Morgan fingerprint density at radius 3 is 2.30 bits per heavy atom. The normalized spacial score (nSPS) is 31.7. The van der Waals surface area contributed by atoms with Crippen LogP contribution in [0.4, 0.5) is 0 Å². The molecule has 1 spiro atoms. The molecule has 5 atom stereocenters. The fraction of sp³-hybridized carbons (Fsp3) is 0.438. The maximum Gasteiger partial charge on any atom is 0.165 e. The number of phenols is 1. The molecule has 0 aromatic heterocycles. The molecule has 5 heteroatoms. The van der Waals surface area contributed by atoms with Crippen molar-refractivity contribution in [2.45, 2.75) is 68.0 Å². The molecule has 1 saturated heterocycles. The second-order valence-electron chi connectivity index (χ2n) is 11.5. The van der Waals surface area contributed by atoms with Crippen LogP contribution in [-0.4, -0.2) is 59.4 Å². The molecule has 2 aliphatic carbocycles. The lowest BCUT2D eigenvalue weighted by Crippen LogP contribution is -2.78. The minimum absolute atomic E-state index is 0.0767. The Bertz CT molecular complexity index is 1260. The number of likely N-dealkylation sites (N-methyl/N-ethyl adjacent to an activating group) is 1. The molecule has 2 bridgehead atoms. The lowest BCUT2D eigenvalue weighted by atomic mass is 9.48. The van der Waals surface area contributed by atoms with Gasteiger partial charge in [0, 0.05) is 37.8 Å². The highest BCUT2D eigenvalue weighted by Gasteiger charge is 2.73. The molecule has 192 valence electrons. The van der Waals surface area contributed by atoms with Gasteiger partial charge in [-0.15, -0.1) is 0 Å². The van der Waals surface area contributed by atoms with Gasteiger partial charge in [-0.2, -0.15) is 0 Å². The first-order valence-corrected chi connectivity index (χ1v) is 13.7. The van der Waals surface area contributed by atoms with Gasteiger partial charge < -0.3 is 19.5 Å². The van der Waals surface area contributed by atoms with E-state index in [0.717, 1.165) is 45.3 Å². The van der Waals surface area contributed by atoms with Gasteiger partial charge >= 0.3 is 0 Å². The smallest absolute Gasteiger partial charge is 0.165 e. The molecule has 1 unspecified atom stereocenters. The number of phenolic OH excluding ortho intramolecular Hbond substituents is 1. The Morgan fingerprint density at radius 2 is 1.65 bits per heavy atom. The van der Waals surface area contributed by atoms with Crippen molar-refractivity contribution in [3.63, 3.8) is 0 Å². The van der Waals surface area contributed by atoms with Crippen molar-refractivity contribution in [1.29, 1.82) is 0 Å². The molecule has 1 N–H and O–H groups in total. The van der Waals surface area contributed by atoms with E-state index >= 15 is 0 Å². The topological polar surface area (TPSA) is 45.2 Å². The van der Waals surface area contributed by atoms with Gasteiger partial charge in [0.15, 0.2) is 11.5 Å². The van der Waals surface area contributed by atoms with Crippen molar-refractivity contribution in [1.82, 2.24) is 9.80 Å². The number of benzene rings is 3. The van der Waals surface area contributed by atoms with E-state index in [1.807, 2.05) is 13.2 Å². The summed E-state index contributed by atoms with van der Waals surface area (Å²) in [5.74, 6) is 0.972. The van der Waals surface area contributed by atoms with Crippen LogP contribution >= 0.6 is 0 Å². The van der Waals surface area contributed by atoms with Gasteiger partial charge in [-0.3, -0.25) is 4.90 Å². The van der Waals surface area contributed by atoms with Crippen LogP contribution in [0.15, 0.2) is 72.8 Å². The molecule has 3 aromatic rings. The lowest BCUT2D eigenvalue weighted by molar-refractivity contribution is -0.212. The molecule has 7 rings (SSSR count). The zero-order valence-electron chi connectivity index (χ0n) is 21.8. The molecule has 4 aliphatic rings. The first-order chi connectivity index (χ1) is 18.1. The maximum absolute atomic E-state index is 11.0. The monoisotopic (exact) mass is 496 g/mol. The summed E-state index contributed by atoms with van der Waals surface area (Å²) in [4.78, 5) is 5.12. The average molecular weight is 497 g/mol. The number of aromatic hydroxyl groups is 1. The number of nitrogens with zero attached hydrogens (tertiary/aromatic N) is 2. The molecular weight excluding hydrogens is 460 g/mol. The zero-order valence-corrected chi connectivity index (χ0v) is 21.8. The first-order valence-electron chi connectivity index (χ1n) is 13.7. The van der Waals surface area contributed by atoms with E-state index in [0.29, 0.717) is 11.8 Å². The van der Waals surface area contributed by atoms with Crippen LogP contribution in [0.3, 0.4) is 0 Å². The van der Waals surface area contributed by atoms with Crippen molar-refractivity contribution in [3.05, 3.63) is 95.1 Å². The predicted molar refractivity (Wildman–Crippen MR) is 144 cm³/mol. The van der Waals surface area contributed by atoms with Crippen molar-refractivity contribution in [3.8, 4) is 11.5 Å². The summed E-state index contributed by atoms with van der Waals surface area (Å²) in [5, 5.41) is 11.0. The Hall–Kier alpha value is -2.86. The van der Waals surface area contributed by atoms with E-state index in [4.69, 9.17) is 9.47 Å². The fourth-order valence-electron chi connectivity index (χ4n) is 8.41. The Balaban J connectivity index is 1.36. The van der Waals surface area contributed by atoms with Crippen LogP contribution in [-0.2, 0) is 29.7 Å². The lowest BCUT2D eigenvalue weighted by Gasteiger charge is -2.66. The van der Waals surface area contributed by atoms with Crippen LogP contribution in [0.2, 0.25) is 0 Å². The van der Waals surface area contributed by atoms with Crippen LogP contribution in [0.25, 0.3) is 0 Å². The molecule has 2 heterocycles. The number of rotatable bonds is 6. The minimum atomic E-state index is -0.321. The van der Waals surface area contributed by atoms with E-state index in [-0.39, 0.29) is 28.9 Å². The standard InChI is InChI=1S/C32H36N2O3/c1-33-18-17-31-28-24-13-14-26(35)29(28)37-30(31)25(15-16-32(31,36-2)27(33)19-24)34(20-22-9-5-3-6-10-22)21-23-11-7-4-8-12-23/h3-14,25,27,30,35H,15-21H2,1-2H3/t25-,27?,30-,31-,32+/m0/s1. The van der Waals surface area contributed by atoms with Crippen LogP contribution in [0, 0.1) is 0 Å². The molecule has 5 nitrogen and oxygen atoms in total. The van der Waals surface area contributed by atoms with Gasteiger partial charge in [-0.25, -0.2) is 0 Å². The zero-order chi connectivity index (χ0) is 25.2. The number of hydrogen-bond donors (Lipinski definition) is 1. The molecule has 2 aliphatic heterocycles. The molecule has 2 fully saturated rings. The third-order valence-electron chi connectivity index (χ3n) is 9.95. The van der Waals surface area contributed by atoms with Gasteiger partial charge in [-0.1, -0.05) is 66.7 Å². The molecule has 0 amide bonds. The Morgan fingerprint density at radius 1 is 0.973 bits per heavy atom. The number of hydrogen-bond acceptors (Lipinski definition) is 5. The van der Waals surface area contributed by atoms with Gasteiger partial charge in [0.25, 0.3) is 0 Å². The highest BCUT2D eigenvalue weighted by molar-refractivity contribution is 5.62. The van der Waals surface area contributed by atoms with Crippen molar-refractivity contribution in [2.24, 2.45) is 0 Å². The summed E-state index contributed by atoms with van der Waals surface area (Å²) in [6.07, 6.45) is 3.81. The number of methoxy groups -OCH3 is 1. The summed E-state index contributed by atoms with van der Waals surface area (Å²) < 4.78 is 13.6. The van der Waals surface area contributed by atoms with Crippen molar-refractivity contribution < 1.29 is 14.6 Å². The summed E-state index contributed by atoms with van der Waals surface area (Å²) in [7, 11) is 4.15.